The van der Waals surface area contributed by atoms with Gasteiger partial charge < -0.3 is 29.4 Å². The molecule has 2 aliphatic rings. The fourth-order valence-electron chi connectivity index (χ4n) is 5.15. The largest absolute Gasteiger partial charge is 0.477 e. The maximum Gasteiger partial charge on any atom is 0.407 e. The van der Waals surface area contributed by atoms with E-state index in [1.54, 1.807) is 25.7 Å². The topological polar surface area (TPSA) is 110 Å². The van der Waals surface area contributed by atoms with Gasteiger partial charge in [-0.2, -0.15) is 0 Å². The third-order valence-corrected chi connectivity index (χ3v) is 7.23. The lowest BCUT2D eigenvalue weighted by atomic mass is 9.91. The highest BCUT2D eigenvalue weighted by Gasteiger charge is 2.52. The highest BCUT2D eigenvalue weighted by molar-refractivity contribution is 5.93. The van der Waals surface area contributed by atoms with E-state index in [1.807, 2.05) is 0 Å². The summed E-state index contributed by atoms with van der Waals surface area (Å²) in [5.41, 5.74) is -5.03. The number of pyridine rings is 1. The fourth-order valence-corrected chi connectivity index (χ4v) is 5.15. The second kappa shape index (κ2) is 9.48. The number of nitrogens with one attached hydrogen (secondary N) is 1. The van der Waals surface area contributed by atoms with Crippen LogP contribution in [0.3, 0.4) is 0 Å². The number of anilines is 1. The summed E-state index contributed by atoms with van der Waals surface area (Å²) in [6.07, 6.45) is -1.96. The summed E-state index contributed by atoms with van der Waals surface area (Å²) >= 11 is 0. The number of nitrogens with zero attached hydrogens (tertiary/aromatic N) is 2. The van der Waals surface area contributed by atoms with Crippen LogP contribution in [0.5, 0.6) is 0 Å². The van der Waals surface area contributed by atoms with Crippen molar-refractivity contribution in [1.82, 2.24) is 9.88 Å². The van der Waals surface area contributed by atoms with Crippen molar-refractivity contribution in [2.24, 2.45) is 5.92 Å². The minimum absolute atomic E-state index is 0.0133. The first-order valence-electron chi connectivity index (χ1n) is 12.3. The van der Waals surface area contributed by atoms with E-state index in [1.165, 1.54) is 19.9 Å². The van der Waals surface area contributed by atoms with Crippen molar-refractivity contribution in [3.05, 3.63) is 39.9 Å². The molecule has 1 amide bonds. The average molecular weight is 540 g/mol. The number of alkyl halides is 2. The third-order valence-electron chi connectivity index (χ3n) is 7.23. The minimum atomic E-state index is -2.91. The molecule has 0 bridgehead atoms. The molecule has 2 aliphatic heterocycles. The van der Waals surface area contributed by atoms with E-state index in [-0.39, 0.29) is 35.6 Å². The summed E-state index contributed by atoms with van der Waals surface area (Å²) in [5, 5.41) is 11.9. The number of halogens is 3. The Morgan fingerprint density at radius 2 is 1.95 bits per heavy atom. The van der Waals surface area contributed by atoms with Gasteiger partial charge in [0.05, 0.1) is 23.3 Å². The van der Waals surface area contributed by atoms with Crippen molar-refractivity contribution in [1.29, 1.82) is 0 Å². The number of aromatic carboxylic acids is 1. The number of hydrogen-bond donors (Lipinski definition) is 2. The van der Waals surface area contributed by atoms with Gasteiger partial charge in [0.1, 0.15) is 22.6 Å². The molecule has 208 valence electrons. The third kappa shape index (κ3) is 4.93. The molecular formula is C26H32F3N3O6. The summed E-state index contributed by atoms with van der Waals surface area (Å²) in [5.74, 6) is -2.44. The number of alkyl carbamates (subject to hydrolysis) is 1. The first kappa shape index (κ1) is 27.7. The highest BCUT2D eigenvalue weighted by atomic mass is 19.3. The van der Waals surface area contributed by atoms with Crippen LogP contribution in [0.4, 0.5) is 23.7 Å². The van der Waals surface area contributed by atoms with Crippen molar-refractivity contribution >= 4 is 28.7 Å². The summed E-state index contributed by atoms with van der Waals surface area (Å²) in [6, 6.07) is 2.20. The molecule has 2 fully saturated rings. The molecule has 1 aromatic heterocycles. The summed E-state index contributed by atoms with van der Waals surface area (Å²) in [4.78, 5) is 38.4. The van der Waals surface area contributed by atoms with Crippen LogP contribution in [-0.4, -0.2) is 65.6 Å². The van der Waals surface area contributed by atoms with Gasteiger partial charge in [0.15, 0.2) is 0 Å². The van der Waals surface area contributed by atoms with Gasteiger partial charge in [-0.05, 0) is 53.2 Å². The Kier molecular flexibility index (Phi) is 6.92. The van der Waals surface area contributed by atoms with Crippen molar-refractivity contribution in [2.45, 2.75) is 64.2 Å². The number of carbonyl (C=O) groups excluding carboxylic acids is 1. The molecule has 2 aromatic rings. The number of hydrogen-bond acceptors (Lipinski definition) is 6. The lowest BCUT2D eigenvalue weighted by Gasteiger charge is -2.31. The van der Waals surface area contributed by atoms with Crippen LogP contribution in [0.2, 0.25) is 0 Å². The normalized spacial score (nSPS) is 21.7. The average Bonchev–Trinajstić information content (AvgIpc) is 3.34. The Bertz CT molecular complexity index is 1340. The molecule has 9 nitrogen and oxygen atoms in total. The first-order chi connectivity index (χ1) is 17.6. The van der Waals surface area contributed by atoms with E-state index in [0.717, 1.165) is 16.8 Å². The molecule has 12 heteroatoms. The number of carbonyl (C=O) groups is 2. The van der Waals surface area contributed by atoms with Gasteiger partial charge in [-0.15, -0.1) is 0 Å². The molecule has 2 unspecified atom stereocenters. The lowest BCUT2D eigenvalue weighted by molar-refractivity contribution is -0.000270. The predicted octanol–water partition coefficient (Wildman–Crippen LogP) is 3.96. The number of rotatable bonds is 6. The van der Waals surface area contributed by atoms with Gasteiger partial charge in [0, 0.05) is 37.2 Å². The standard InChI is InChI=1S/C26H32F3N3O6/c1-24(2,3)38-23(36)30-12-26-13-31(10-14(26)6-7-37-26)19-9-18-15(8-17(19)27)20(33)16(21(34)35)11-32(18)25(4,5)22(28)29/h8-9,11,14,22H,6-7,10,12-13H2,1-5H3,(H,30,36)(H,34,35). The van der Waals surface area contributed by atoms with E-state index in [4.69, 9.17) is 9.47 Å². The molecule has 4 rings (SSSR count). The predicted molar refractivity (Wildman–Crippen MR) is 134 cm³/mol. The number of aromatic nitrogens is 1. The van der Waals surface area contributed by atoms with Crippen LogP contribution in [0.15, 0.2) is 23.1 Å². The number of benzene rings is 1. The maximum absolute atomic E-state index is 15.5. The summed E-state index contributed by atoms with van der Waals surface area (Å²) in [7, 11) is 0. The monoisotopic (exact) mass is 539 g/mol. The maximum atomic E-state index is 15.5. The molecule has 0 radical (unpaired) electrons. The van der Waals surface area contributed by atoms with E-state index >= 15 is 4.39 Å². The van der Waals surface area contributed by atoms with Crippen LogP contribution in [0.1, 0.15) is 51.4 Å². The molecule has 2 atom stereocenters. The molecule has 2 saturated heterocycles. The van der Waals surface area contributed by atoms with E-state index in [0.29, 0.717) is 19.6 Å². The van der Waals surface area contributed by atoms with Gasteiger partial charge >= 0.3 is 12.1 Å². The smallest absolute Gasteiger partial charge is 0.407 e. The quantitative estimate of drug-likeness (QED) is 0.572. The van der Waals surface area contributed by atoms with Gasteiger partial charge in [-0.25, -0.2) is 22.8 Å². The fraction of sp³-hybridized carbons (Fsp3) is 0.577. The zero-order valence-electron chi connectivity index (χ0n) is 21.9. The van der Waals surface area contributed by atoms with E-state index in [2.05, 4.69) is 5.32 Å². The number of carboxylic acids is 1. The highest BCUT2D eigenvalue weighted by Crippen LogP contribution is 2.42. The van der Waals surface area contributed by atoms with E-state index in [9.17, 15) is 28.3 Å². The SMILES string of the molecule is CC(C)(C)OC(=O)NCC12CN(c3cc4c(cc3F)c(=O)c(C(=O)O)cn4C(C)(C)C(F)F)CC1CCO2. The van der Waals surface area contributed by atoms with Crippen molar-refractivity contribution in [2.75, 3.05) is 31.1 Å². The molecule has 2 N–H and O–H groups in total. The second-order valence-corrected chi connectivity index (χ2v) is 11.5. The van der Waals surface area contributed by atoms with Gasteiger partial charge in [-0.1, -0.05) is 0 Å². The van der Waals surface area contributed by atoms with Crippen LogP contribution in [-0.2, 0) is 15.0 Å². The Morgan fingerprint density at radius 3 is 2.55 bits per heavy atom. The zero-order chi connectivity index (χ0) is 28.2. The summed E-state index contributed by atoms with van der Waals surface area (Å²) < 4.78 is 55.8. The number of ether oxygens (including phenoxy) is 2. The second-order valence-electron chi connectivity index (χ2n) is 11.5. The first-order valence-corrected chi connectivity index (χ1v) is 12.3. The molecule has 0 spiro atoms. The summed E-state index contributed by atoms with van der Waals surface area (Å²) in [6.45, 7) is 8.82. The van der Waals surface area contributed by atoms with Crippen molar-refractivity contribution < 1.29 is 37.3 Å². The van der Waals surface area contributed by atoms with Crippen LogP contribution in [0.25, 0.3) is 10.9 Å². The Balaban J connectivity index is 1.74. The van der Waals surface area contributed by atoms with E-state index < -0.39 is 52.0 Å². The number of fused-ring (bicyclic) bond motifs is 2. The van der Waals surface area contributed by atoms with Crippen LogP contribution < -0.4 is 15.6 Å². The molecule has 0 saturated carbocycles. The van der Waals surface area contributed by atoms with Crippen molar-refractivity contribution in [3.63, 3.8) is 0 Å². The lowest BCUT2D eigenvalue weighted by Crippen LogP contribution is -2.49. The van der Waals surface area contributed by atoms with Crippen molar-refractivity contribution in [3.8, 4) is 0 Å². The molecule has 0 aliphatic carbocycles. The Hall–Kier alpha value is -3.28. The number of carboxylic acid groups (broad SMARTS) is 1. The minimum Gasteiger partial charge on any atom is -0.477 e. The molecule has 38 heavy (non-hydrogen) atoms. The molecule has 3 heterocycles. The van der Waals surface area contributed by atoms with Gasteiger partial charge in [-0.3, -0.25) is 4.79 Å². The number of amides is 1. The molecular weight excluding hydrogens is 507 g/mol. The Morgan fingerprint density at radius 1 is 1.26 bits per heavy atom. The van der Waals surface area contributed by atoms with Gasteiger partial charge in [0.25, 0.3) is 6.43 Å². The van der Waals surface area contributed by atoms with Crippen LogP contribution >= 0.6 is 0 Å². The molecule has 1 aromatic carbocycles. The zero-order valence-corrected chi connectivity index (χ0v) is 21.9. The Labute approximate surface area is 217 Å². The van der Waals surface area contributed by atoms with Gasteiger partial charge in [0.2, 0.25) is 5.43 Å². The van der Waals surface area contributed by atoms with Crippen LogP contribution in [0, 0.1) is 11.7 Å².